The predicted molar refractivity (Wildman–Crippen MR) is 86.7 cm³/mol. The van der Waals surface area contributed by atoms with Gasteiger partial charge in [0, 0.05) is 0 Å². The van der Waals surface area contributed by atoms with Crippen LogP contribution in [0.25, 0.3) is 0 Å². The van der Waals surface area contributed by atoms with Crippen molar-refractivity contribution in [3.05, 3.63) is 0 Å². The van der Waals surface area contributed by atoms with E-state index in [2.05, 4.69) is 20.8 Å². The molecular weight excluding hydrogens is 288 g/mol. The maximum atomic E-state index is 11.9. The van der Waals surface area contributed by atoms with E-state index in [-0.39, 0.29) is 16.9 Å². The largest absolute Gasteiger partial charge is 0.481 e. The number of carboxylic acid groups (broad SMARTS) is 1. The smallest absolute Gasteiger partial charge is 0.310 e. The number of aliphatic carboxylic acids is 1. The molecule has 0 aliphatic heterocycles. The first kappa shape index (κ1) is 14.7. The van der Waals surface area contributed by atoms with Crippen molar-refractivity contribution in [1.82, 2.24) is 0 Å². The summed E-state index contributed by atoms with van der Waals surface area (Å²) in [4.78, 5) is 11.9. The quantitative estimate of drug-likeness (QED) is 0.775. The number of aliphatic hydroxyl groups is 1. The summed E-state index contributed by atoms with van der Waals surface area (Å²) in [7, 11) is 0. The van der Waals surface area contributed by atoms with Crippen molar-refractivity contribution < 1.29 is 15.0 Å². The Morgan fingerprint density at radius 3 is 2.43 bits per heavy atom. The molecule has 0 radical (unpaired) electrons. The van der Waals surface area contributed by atoms with Gasteiger partial charge in [-0.15, -0.1) is 0 Å². The van der Waals surface area contributed by atoms with E-state index < -0.39 is 5.97 Å². The van der Waals surface area contributed by atoms with E-state index in [1.54, 1.807) is 0 Å². The fraction of sp³-hybridized carbons (Fsp3) is 0.950. The third kappa shape index (κ3) is 1.38. The lowest BCUT2D eigenvalue weighted by atomic mass is 9.39. The van der Waals surface area contributed by atoms with Crippen molar-refractivity contribution in [3.8, 4) is 0 Å². The molecule has 0 aromatic rings. The molecule has 0 heterocycles. The third-order valence-corrected chi connectivity index (χ3v) is 9.83. The minimum absolute atomic E-state index is 0.00262. The molecule has 0 saturated heterocycles. The van der Waals surface area contributed by atoms with E-state index >= 15 is 0 Å². The molecule has 6 aliphatic carbocycles. The average molecular weight is 318 g/mol. The SMILES string of the molecule is CC1(C)[C@H](O)CC[C@]2(C)[C@@H]1CC[C@@]13C[C@H]4[C@@H](C[C@H]12)[C@@]4(C(=O)O)C3. The van der Waals surface area contributed by atoms with E-state index in [1.807, 2.05) is 0 Å². The van der Waals surface area contributed by atoms with Crippen LogP contribution in [0.5, 0.6) is 0 Å². The molecule has 3 nitrogen and oxygen atoms in total. The molecule has 0 aromatic heterocycles. The van der Waals surface area contributed by atoms with Gasteiger partial charge in [0.15, 0.2) is 0 Å². The zero-order chi connectivity index (χ0) is 16.4. The van der Waals surface area contributed by atoms with Gasteiger partial charge in [-0.05, 0) is 84.9 Å². The van der Waals surface area contributed by atoms with E-state index in [1.165, 1.54) is 19.3 Å². The number of hydrogen-bond acceptors (Lipinski definition) is 2. The summed E-state index contributed by atoms with van der Waals surface area (Å²) in [6, 6.07) is 0. The highest BCUT2D eigenvalue weighted by molar-refractivity contribution is 5.81. The van der Waals surface area contributed by atoms with Crippen LogP contribution in [0.15, 0.2) is 0 Å². The summed E-state index contributed by atoms with van der Waals surface area (Å²) in [6.45, 7) is 7.02. The summed E-state index contributed by atoms with van der Waals surface area (Å²) < 4.78 is 0. The van der Waals surface area contributed by atoms with Gasteiger partial charge in [0.05, 0.1) is 11.5 Å². The van der Waals surface area contributed by atoms with Gasteiger partial charge in [-0.2, -0.15) is 0 Å². The highest BCUT2D eigenvalue weighted by Gasteiger charge is 2.83. The van der Waals surface area contributed by atoms with Crippen LogP contribution in [0.3, 0.4) is 0 Å². The van der Waals surface area contributed by atoms with Crippen molar-refractivity contribution in [2.75, 3.05) is 0 Å². The van der Waals surface area contributed by atoms with E-state index in [0.717, 1.165) is 25.7 Å². The first-order chi connectivity index (χ1) is 10.7. The van der Waals surface area contributed by atoms with Crippen LogP contribution in [0, 0.1) is 45.3 Å². The molecule has 128 valence electrons. The van der Waals surface area contributed by atoms with Crippen LogP contribution in [0.2, 0.25) is 0 Å². The second kappa shape index (κ2) is 3.81. The van der Waals surface area contributed by atoms with Gasteiger partial charge in [-0.25, -0.2) is 0 Å². The Hall–Kier alpha value is -0.570. The minimum atomic E-state index is -0.505. The monoisotopic (exact) mass is 318 g/mol. The molecule has 3 heteroatoms. The molecule has 1 spiro atoms. The topological polar surface area (TPSA) is 57.5 Å². The molecule has 8 atom stereocenters. The van der Waals surface area contributed by atoms with Crippen molar-refractivity contribution in [3.63, 3.8) is 0 Å². The minimum Gasteiger partial charge on any atom is -0.481 e. The lowest BCUT2D eigenvalue weighted by molar-refractivity contribution is -0.193. The predicted octanol–water partition coefficient (Wildman–Crippen LogP) is 3.70. The Morgan fingerprint density at radius 2 is 1.78 bits per heavy atom. The van der Waals surface area contributed by atoms with Crippen molar-refractivity contribution >= 4 is 5.97 Å². The van der Waals surface area contributed by atoms with Crippen LogP contribution >= 0.6 is 0 Å². The molecule has 0 aromatic carbocycles. The summed E-state index contributed by atoms with van der Waals surface area (Å²) in [6.07, 6.45) is 7.55. The number of rotatable bonds is 1. The molecule has 6 aliphatic rings. The zero-order valence-electron chi connectivity index (χ0n) is 14.6. The standard InChI is InChI=1S/C20H30O3/c1-17(2)13-4-7-19-9-12-11(20(12,10-19)16(22)23)8-14(19)18(13,3)6-5-15(17)21/h11-15,21H,4-10H2,1-3H3,(H,22,23)/t11-,12+,13-,14+,15-,18-,19+,20+/m1/s1. The Kier molecular flexibility index (Phi) is 2.45. The molecule has 6 saturated carbocycles. The maximum Gasteiger partial charge on any atom is 0.310 e. The van der Waals surface area contributed by atoms with Gasteiger partial charge in [0.2, 0.25) is 0 Å². The number of hydrogen-bond donors (Lipinski definition) is 2. The van der Waals surface area contributed by atoms with Gasteiger partial charge in [0.25, 0.3) is 0 Å². The number of fused-ring (bicyclic) bond motifs is 1. The number of carbonyl (C=O) groups is 1. The number of aliphatic hydroxyl groups excluding tert-OH is 1. The molecule has 0 amide bonds. The van der Waals surface area contributed by atoms with Gasteiger partial charge in [-0.3, -0.25) is 4.79 Å². The Balaban J connectivity index is 1.54. The second-order valence-corrected chi connectivity index (χ2v) is 10.6. The lowest BCUT2D eigenvalue weighted by Gasteiger charge is -2.66. The summed E-state index contributed by atoms with van der Waals surface area (Å²) in [5.74, 6) is 1.71. The van der Waals surface area contributed by atoms with Crippen LogP contribution in [-0.2, 0) is 4.79 Å². The maximum absolute atomic E-state index is 11.9. The molecule has 4 bridgehead atoms. The van der Waals surface area contributed by atoms with Crippen molar-refractivity contribution in [1.29, 1.82) is 0 Å². The molecule has 23 heavy (non-hydrogen) atoms. The van der Waals surface area contributed by atoms with Crippen LogP contribution < -0.4 is 0 Å². The molecular formula is C20H30O3. The lowest BCUT2D eigenvalue weighted by Crippen LogP contribution is -2.60. The first-order valence-corrected chi connectivity index (χ1v) is 9.60. The van der Waals surface area contributed by atoms with E-state index in [0.29, 0.717) is 34.5 Å². The van der Waals surface area contributed by atoms with Crippen LogP contribution in [0.4, 0.5) is 0 Å². The average Bonchev–Trinajstić information content (AvgIpc) is 2.99. The van der Waals surface area contributed by atoms with Gasteiger partial charge >= 0.3 is 5.97 Å². The van der Waals surface area contributed by atoms with E-state index in [9.17, 15) is 15.0 Å². The molecule has 6 rings (SSSR count). The normalized spacial score (nSPS) is 61.5. The fourth-order valence-corrected chi connectivity index (χ4v) is 8.78. The highest BCUT2D eigenvalue weighted by Crippen LogP contribution is 2.85. The summed E-state index contributed by atoms with van der Waals surface area (Å²) in [5.41, 5.74) is 0.284. The summed E-state index contributed by atoms with van der Waals surface area (Å²) in [5, 5.41) is 20.4. The van der Waals surface area contributed by atoms with E-state index in [4.69, 9.17) is 0 Å². The van der Waals surface area contributed by atoms with Crippen LogP contribution in [-0.4, -0.2) is 22.3 Å². The Bertz CT molecular complexity index is 598. The molecule has 0 unspecified atom stereocenters. The molecule has 6 fully saturated rings. The first-order valence-electron chi connectivity index (χ1n) is 9.60. The van der Waals surface area contributed by atoms with Gasteiger partial charge < -0.3 is 10.2 Å². The van der Waals surface area contributed by atoms with Crippen molar-refractivity contribution in [2.45, 2.75) is 71.8 Å². The Morgan fingerprint density at radius 1 is 1.04 bits per heavy atom. The van der Waals surface area contributed by atoms with Crippen molar-refractivity contribution in [2.24, 2.45) is 45.3 Å². The Labute approximate surface area is 138 Å². The summed E-state index contributed by atoms with van der Waals surface area (Å²) >= 11 is 0. The third-order valence-electron chi connectivity index (χ3n) is 9.83. The fourth-order valence-electron chi connectivity index (χ4n) is 8.78. The van der Waals surface area contributed by atoms with Gasteiger partial charge in [-0.1, -0.05) is 20.8 Å². The molecule has 2 N–H and O–H groups in total. The van der Waals surface area contributed by atoms with Gasteiger partial charge in [0.1, 0.15) is 0 Å². The van der Waals surface area contributed by atoms with Crippen LogP contribution in [0.1, 0.15) is 65.7 Å². The highest BCUT2D eigenvalue weighted by atomic mass is 16.4. The second-order valence-electron chi connectivity index (χ2n) is 10.6. The number of carboxylic acids is 1. The zero-order valence-corrected chi connectivity index (χ0v) is 14.6.